The van der Waals surface area contributed by atoms with Gasteiger partial charge in [-0.1, -0.05) is 215 Å². The topological polar surface area (TPSA) is 194 Å². The van der Waals surface area contributed by atoms with Gasteiger partial charge in [0.2, 0.25) is 0 Å². The zero-order valence-electron chi connectivity index (χ0n) is 73.6. The van der Waals surface area contributed by atoms with Crippen LogP contribution in [-0.2, 0) is 79.4 Å². The number of phenols is 1. The Kier molecular flexibility index (Phi) is 45.4. The van der Waals surface area contributed by atoms with Gasteiger partial charge in [0.15, 0.2) is 5.78 Å². The summed E-state index contributed by atoms with van der Waals surface area (Å²) in [6.07, 6.45) is 0.624. The molecule has 130 heavy (non-hydrogen) atoms. The molecule has 15 nitrogen and oxygen atoms in total. The number of nitriles is 1. The van der Waals surface area contributed by atoms with Gasteiger partial charge in [0.05, 0.1) is 78.2 Å². The second-order valence-corrected chi connectivity index (χ2v) is 31.8. The van der Waals surface area contributed by atoms with Crippen LogP contribution >= 0.6 is 81.2 Å². The van der Waals surface area contributed by atoms with Crippen LogP contribution in [0.25, 0.3) is 77.9 Å². The number of Topliss-reactive ketones (excluding diaryl/α,β-unsaturated/α-hetero) is 1. The summed E-state index contributed by atoms with van der Waals surface area (Å²) in [5.74, 6) is 2.39. The van der Waals surface area contributed by atoms with Crippen LogP contribution in [0.2, 0.25) is 35.2 Å². The fourth-order valence-electron chi connectivity index (χ4n) is 13.4. The average molecular weight is 1890 g/mol. The number of halogens is 8. The lowest BCUT2D eigenvalue weighted by Crippen LogP contribution is -2.02. The third kappa shape index (κ3) is 33.8. The van der Waals surface area contributed by atoms with Crippen LogP contribution < -0.4 is 14.2 Å². The minimum absolute atomic E-state index is 0.00144. The predicted molar refractivity (Wildman–Crippen MR) is 526 cm³/mol. The van der Waals surface area contributed by atoms with Gasteiger partial charge in [-0.2, -0.15) is 5.26 Å². The van der Waals surface area contributed by atoms with E-state index in [0.29, 0.717) is 95.5 Å². The number of phenolic OH excluding ortho intramolecular Hbond substituents is 1. The Hall–Kier alpha value is -11.0. The zero-order chi connectivity index (χ0) is 93.7. The maximum atomic E-state index is 13.2. The number of aliphatic hydroxyl groups is 2. The van der Waals surface area contributed by atoms with Gasteiger partial charge in [0, 0.05) is 104 Å². The Bertz CT molecular complexity index is 5750. The number of rotatable bonds is 30. The Labute approximate surface area is 796 Å². The first-order chi connectivity index (χ1) is 63.0. The number of aliphatic hydroxyl groups excluding tert-OH is 2. The first-order valence-corrected chi connectivity index (χ1v) is 43.6. The molecule has 0 spiro atoms. The van der Waals surface area contributed by atoms with Crippen molar-refractivity contribution in [2.75, 3.05) is 83.3 Å². The maximum Gasteiger partial charge on any atom is 0.159 e. The monoisotopic (exact) mass is 1890 g/mol. The molecule has 14 rings (SSSR count). The fraction of sp³-hybridized carbons (Fsp3) is 0.196. The van der Waals surface area contributed by atoms with E-state index in [9.17, 15) is 14.3 Å². The van der Waals surface area contributed by atoms with Gasteiger partial charge < -0.3 is 62.7 Å². The van der Waals surface area contributed by atoms with E-state index in [1.54, 1.807) is 82.0 Å². The van der Waals surface area contributed by atoms with E-state index < -0.39 is 0 Å². The Morgan fingerprint density at radius 1 is 0.308 bits per heavy atom. The molecule has 0 aliphatic heterocycles. The van der Waals surface area contributed by atoms with E-state index in [1.165, 1.54) is 12.1 Å². The van der Waals surface area contributed by atoms with Crippen molar-refractivity contribution in [3.63, 3.8) is 0 Å². The second kappa shape index (κ2) is 56.6. The molecule has 14 aromatic rings. The molecule has 0 saturated carbocycles. The molecule has 0 aliphatic carbocycles. The highest BCUT2D eigenvalue weighted by Gasteiger charge is 2.16. The van der Waals surface area contributed by atoms with Crippen molar-refractivity contribution < 1.29 is 71.9 Å². The van der Waals surface area contributed by atoms with Crippen LogP contribution in [-0.4, -0.2) is 104 Å². The van der Waals surface area contributed by atoms with E-state index >= 15 is 0 Å². The molecule has 0 heterocycles. The molecule has 0 fully saturated rings. The number of methoxy groups -OCH3 is 8. The number of hydrogen-bond donors (Lipinski definition) is 3. The summed E-state index contributed by atoms with van der Waals surface area (Å²) in [7, 11) is 13.2. The summed E-state index contributed by atoms with van der Waals surface area (Å²) >= 11 is 41.2. The number of carbonyl (C=O) groups excluding carboxylic acids is 1. The molecule has 0 aromatic heterocycles. The van der Waals surface area contributed by atoms with Crippen LogP contribution in [0, 0.1) is 17.1 Å². The van der Waals surface area contributed by atoms with Crippen LogP contribution in [0.1, 0.15) is 68.2 Å². The minimum Gasteiger partial charge on any atom is -0.508 e. The Morgan fingerprint density at radius 2 is 0.569 bits per heavy atom. The largest absolute Gasteiger partial charge is 0.508 e. The highest BCUT2D eigenvalue weighted by atomic mass is 35.5. The number of ether oxygens (including phenoxy) is 10. The first-order valence-electron chi connectivity index (χ1n) is 40.9. The van der Waals surface area contributed by atoms with E-state index in [4.69, 9.17) is 144 Å². The standard InChI is InChI=1S/C17H19ClO3.C16H17ClO3.C16H15ClO2.C15H12ClNO.C15H15ClO2.C14H12ClFO.C14H13ClO2/c1-20-12-14-11-16(21-10-2-9-19)7-8-17(14)13-3-5-15(18)6-4-13;1-19-11-13-10-15(20-9-8-18)6-7-16(13)12-2-4-14(17)5-3-12;1-11(18)13-5-8-16(14(9-13)10-19-2)12-3-6-15(17)7-4-12;1-18-10-13-8-11(9-17)2-7-15(13)12-3-5-14(16)6-4-12;1-17-10-12-9-14(18-2)7-8-15(12)11-3-5-13(16)6-4-11;2*1-17-9-11-8-13(16)6-7-14(11)10-2-4-12(15)5-3-10/h3-8,11,19H,2,9-10,12H2,1H3;2-7,10,18H,8-9,11H2,1H3;3-9H,10H2,1-2H3;2-8H,10H2,1H3;3-9H,10H2,1-2H3;2-8H,9H2,1H3;2-8,16H,9H2,1H3. The summed E-state index contributed by atoms with van der Waals surface area (Å²) in [6, 6.07) is 94.6. The molecule has 676 valence electrons. The van der Waals surface area contributed by atoms with Crippen molar-refractivity contribution in [1.29, 1.82) is 5.26 Å². The number of nitrogens with zero attached hydrogens (tertiary/aromatic N) is 1. The van der Waals surface area contributed by atoms with E-state index in [1.807, 2.05) is 267 Å². The molecule has 0 unspecified atom stereocenters. The third-order valence-corrected chi connectivity index (χ3v) is 21.2. The molecule has 3 N–H and O–H groups in total. The lowest BCUT2D eigenvalue weighted by molar-refractivity contribution is 0.101. The van der Waals surface area contributed by atoms with Crippen LogP contribution in [0.15, 0.2) is 297 Å². The van der Waals surface area contributed by atoms with Crippen molar-refractivity contribution in [3.05, 3.63) is 388 Å². The number of ketones is 1. The minimum atomic E-state index is -0.255. The lowest BCUT2D eigenvalue weighted by atomic mass is 9.97. The lowest BCUT2D eigenvalue weighted by Gasteiger charge is -2.12. The average Bonchev–Trinajstić information content (AvgIpc) is 0.901. The van der Waals surface area contributed by atoms with Gasteiger partial charge in [0.25, 0.3) is 0 Å². The molecule has 0 amide bonds. The molecule has 0 saturated heterocycles. The summed E-state index contributed by atoms with van der Waals surface area (Å²) in [5, 5.41) is 41.0. The SMILES string of the molecule is COCc1cc(C#N)ccc1-c1ccc(Cl)cc1.COCc1cc(C(C)=O)ccc1-c1ccc(Cl)cc1.COCc1cc(F)ccc1-c1ccc(Cl)cc1.COCc1cc(O)ccc1-c1ccc(Cl)cc1.COCc1cc(OC)ccc1-c1ccc(Cl)cc1.COCc1cc(OCCCO)ccc1-c1ccc(Cl)cc1.COCc1cc(OCCO)ccc1-c1ccc(Cl)cc1. The molecule has 23 heteroatoms. The van der Waals surface area contributed by atoms with Crippen LogP contribution in [0.4, 0.5) is 4.39 Å². The van der Waals surface area contributed by atoms with Crippen molar-refractivity contribution >= 4 is 87.0 Å². The normalized spacial score (nSPS) is 10.4. The second-order valence-electron chi connectivity index (χ2n) is 28.8. The number of hydrogen-bond acceptors (Lipinski definition) is 15. The fourth-order valence-corrected chi connectivity index (χ4v) is 14.2. The molecule has 0 bridgehead atoms. The van der Waals surface area contributed by atoms with Gasteiger partial charge in [-0.05, 0) is 288 Å². The quantitative estimate of drug-likeness (QED) is 0.0284. The van der Waals surface area contributed by atoms with Crippen molar-refractivity contribution in [3.8, 4) is 107 Å². The van der Waals surface area contributed by atoms with E-state index in [0.717, 1.165) is 144 Å². The van der Waals surface area contributed by atoms with Crippen LogP contribution in [0.3, 0.4) is 0 Å². The third-order valence-electron chi connectivity index (χ3n) is 19.5. The van der Waals surface area contributed by atoms with Gasteiger partial charge in [-0.15, -0.1) is 0 Å². The summed E-state index contributed by atoms with van der Waals surface area (Å²) in [6.45, 7) is 5.84. The van der Waals surface area contributed by atoms with E-state index in [-0.39, 0.29) is 37.2 Å². The number of carbonyl (C=O) groups is 1. The molecule has 0 aliphatic rings. The highest BCUT2D eigenvalue weighted by Crippen LogP contribution is 2.36. The van der Waals surface area contributed by atoms with Crippen molar-refractivity contribution in [2.45, 2.75) is 59.6 Å². The van der Waals surface area contributed by atoms with Crippen molar-refractivity contribution in [1.82, 2.24) is 0 Å². The van der Waals surface area contributed by atoms with Gasteiger partial charge >= 0.3 is 0 Å². The Morgan fingerprint density at radius 3 is 0.869 bits per heavy atom. The van der Waals surface area contributed by atoms with Gasteiger partial charge in [-0.25, -0.2) is 4.39 Å². The van der Waals surface area contributed by atoms with Gasteiger partial charge in [-0.3, -0.25) is 4.79 Å². The smallest absolute Gasteiger partial charge is 0.159 e. The molecule has 0 radical (unpaired) electrons. The van der Waals surface area contributed by atoms with E-state index in [2.05, 4.69) is 6.07 Å². The summed E-state index contributed by atoms with van der Waals surface area (Å²) < 4.78 is 65.8. The molecular formula is C107H103Cl7FNO14. The first kappa shape index (κ1) is 104. The maximum absolute atomic E-state index is 13.2. The summed E-state index contributed by atoms with van der Waals surface area (Å²) in [5.41, 5.74) is 23.2. The molecular weight excluding hydrogens is 1790 g/mol. The Balaban J connectivity index is 0.000000187. The summed E-state index contributed by atoms with van der Waals surface area (Å²) in [4.78, 5) is 11.4. The molecule has 0 atom stereocenters. The van der Waals surface area contributed by atoms with Crippen LogP contribution in [0.5, 0.6) is 23.0 Å². The molecule has 14 aromatic carbocycles. The zero-order valence-corrected chi connectivity index (χ0v) is 78.9. The highest BCUT2D eigenvalue weighted by molar-refractivity contribution is 6.32. The number of aromatic hydroxyl groups is 1. The number of benzene rings is 14. The van der Waals surface area contributed by atoms with Gasteiger partial charge in [0.1, 0.15) is 35.4 Å². The van der Waals surface area contributed by atoms with Crippen molar-refractivity contribution in [2.24, 2.45) is 0 Å². The predicted octanol–water partition coefficient (Wildman–Crippen LogP) is 28.1.